The van der Waals surface area contributed by atoms with Crippen molar-refractivity contribution < 1.29 is 4.79 Å². The van der Waals surface area contributed by atoms with Crippen LogP contribution in [0.1, 0.15) is 37.9 Å². The third-order valence-electron chi connectivity index (χ3n) is 5.62. The summed E-state index contributed by atoms with van der Waals surface area (Å²) in [6.07, 6.45) is 7.55. The molecule has 1 saturated carbocycles. The first-order valence-corrected chi connectivity index (χ1v) is 10.3. The summed E-state index contributed by atoms with van der Waals surface area (Å²) in [6.45, 7) is 5.04. The molecule has 2 aromatic heterocycles. The van der Waals surface area contributed by atoms with E-state index < -0.39 is 0 Å². The van der Waals surface area contributed by atoms with Crippen LogP contribution in [0.25, 0.3) is 0 Å². The fourth-order valence-electron chi connectivity index (χ4n) is 4.11. The molecule has 1 amide bonds. The molecule has 1 aliphatic carbocycles. The molecule has 0 unspecified atom stereocenters. The second-order valence-corrected chi connectivity index (χ2v) is 7.65. The van der Waals surface area contributed by atoms with Gasteiger partial charge in [-0.1, -0.05) is 25.3 Å². The summed E-state index contributed by atoms with van der Waals surface area (Å²) in [4.78, 5) is 30.4. The number of carbonyl (C=O) groups is 1. The van der Waals surface area contributed by atoms with Crippen LogP contribution in [0.5, 0.6) is 0 Å². The third kappa shape index (κ3) is 4.40. The molecule has 2 aromatic rings. The molecule has 148 valence electrons. The van der Waals surface area contributed by atoms with Gasteiger partial charge in [0.05, 0.1) is 0 Å². The van der Waals surface area contributed by atoms with Crippen LogP contribution in [0.3, 0.4) is 0 Å². The van der Waals surface area contributed by atoms with Crippen molar-refractivity contribution in [1.29, 1.82) is 0 Å². The number of piperazine rings is 1. The van der Waals surface area contributed by atoms with Crippen LogP contribution in [0.4, 0.5) is 17.5 Å². The number of anilines is 3. The Morgan fingerprint density at radius 2 is 1.82 bits per heavy atom. The molecule has 1 N–H and O–H groups in total. The minimum Gasteiger partial charge on any atom is -0.353 e. The van der Waals surface area contributed by atoms with Crippen LogP contribution < -0.4 is 10.2 Å². The first-order chi connectivity index (χ1) is 13.7. The molecular weight excluding hydrogens is 352 g/mol. The van der Waals surface area contributed by atoms with E-state index in [4.69, 9.17) is 0 Å². The minimum absolute atomic E-state index is 0.246. The number of pyridine rings is 1. The Balaban J connectivity index is 1.39. The zero-order valence-corrected chi connectivity index (χ0v) is 16.5. The average Bonchev–Trinajstić information content (AvgIpc) is 2.74. The highest BCUT2D eigenvalue weighted by molar-refractivity contribution is 5.79. The summed E-state index contributed by atoms with van der Waals surface area (Å²) in [5.41, 5.74) is 0. The van der Waals surface area contributed by atoms with Crippen molar-refractivity contribution >= 4 is 23.4 Å². The lowest BCUT2D eigenvalue weighted by Gasteiger charge is -2.37. The third-order valence-corrected chi connectivity index (χ3v) is 5.62. The maximum Gasteiger partial charge on any atom is 0.225 e. The molecule has 0 bridgehead atoms. The van der Waals surface area contributed by atoms with Gasteiger partial charge in [0.1, 0.15) is 23.3 Å². The molecule has 0 radical (unpaired) electrons. The van der Waals surface area contributed by atoms with Gasteiger partial charge < -0.3 is 15.1 Å². The fraction of sp³-hybridized carbons (Fsp3) is 0.524. The summed E-state index contributed by atoms with van der Waals surface area (Å²) < 4.78 is 0. The molecule has 0 atom stereocenters. The lowest BCUT2D eigenvalue weighted by Crippen LogP contribution is -2.50. The number of nitrogens with one attached hydrogen (secondary N) is 1. The highest BCUT2D eigenvalue weighted by atomic mass is 16.2. The smallest absolute Gasteiger partial charge is 0.225 e. The molecule has 2 aliphatic rings. The summed E-state index contributed by atoms with van der Waals surface area (Å²) in [7, 11) is 0. The second kappa shape index (κ2) is 8.54. The molecule has 28 heavy (non-hydrogen) atoms. The average molecular weight is 380 g/mol. The summed E-state index contributed by atoms with van der Waals surface area (Å²) in [5.74, 6) is 3.72. The van der Waals surface area contributed by atoms with E-state index >= 15 is 0 Å². The summed E-state index contributed by atoms with van der Waals surface area (Å²) >= 11 is 0. The molecule has 7 heteroatoms. The summed E-state index contributed by atoms with van der Waals surface area (Å²) in [5, 5.41) is 3.24. The van der Waals surface area contributed by atoms with Crippen LogP contribution in [0, 0.1) is 12.8 Å². The van der Waals surface area contributed by atoms with Crippen molar-refractivity contribution in [2.24, 2.45) is 5.92 Å². The maximum absolute atomic E-state index is 12.8. The van der Waals surface area contributed by atoms with E-state index in [2.05, 4.69) is 25.2 Å². The lowest BCUT2D eigenvalue weighted by molar-refractivity contribution is -0.136. The van der Waals surface area contributed by atoms with E-state index in [9.17, 15) is 4.79 Å². The SMILES string of the molecule is Cc1nc(Nc2ccccn2)cc(N2CCN(C(=O)C3CCCCC3)CC2)n1. The van der Waals surface area contributed by atoms with Crippen LogP contribution in [0.2, 0.25) is 0 Å². The van der Waals surface area contributed by atoms with E-state index in [-0.39, 0.29) is 5.92 Å². The largest absolute Gasteiger partial charge is 0.353 e. The Hall–Kier alpha value is -2.70. The van der Waals surface area contributed by atoms with Crippen LogP contribution >= 0.6 is 0 Å². The van der Waals surface area contributed by atoms with Crippen molar-refractivity contribution in [1.82, 2.24) is 19.9 Å². The number of aryl methyl sites for hydroxylation is 1. The Morgan fingerprint density at radius 3 is 2.54 bits per heavy atom. The van der Waals surface area contributed by atoms with E-state index in [0.29, 0.717) is 5.91 Å². The first-order valence-electron chi connectivity index (χ1n) is 10.3. The van der Waals surface area contributed by atoms with E-state index in [1.54, 1.807) is 6.20 Å². The number of hydrogen-bond donors (Lipinski definition) is 1. The van der Waals surface area contributed by atoms with Crippen molar-refractivity contribution in [3.63, 3.8) is 0 Å². The van der Waals surface area contributed by atoms with Crippen molar-refractivity contribution in [3.05, 3.63) is 36.3 Å². The van der Waals surface area contributed by atoms with E-state index in [0.717, 1.165) is 62.3 Å². The van der Waals surface area contributed by atoms with Gasteiger partial charge in [0.15, 0.2) is 0 Å². The number of hydrogen-bond acceptors (Lipinski definition) is 6. The fourth-order valence-corrected chi connectivity index (χ4v) is 4.11. The van der Waals surface area contributed by atoms with Gasteiger partial charge >= 0.3 is 0 Å². The highest BCUT2D eigenvalue weighted by Crippen LogP contribution is 2.26. The van der Waals surface area contributed by atoms with Gasteiger partial charge in [-0.3, -0.25) is 4.79 Å². The Labute approximate surface area is 166 Å². The van der Waals surface area contributed by atoms with Crippen molar-refractivity contribution in [2.45, 2.75) is 39.0 Å². The number of rotatable bonds is 4. The topological polar surface area (TPSA) is 74.2 Å². The second-order valence-electron chi connectivity index (χ2n) is 7.65. The number of carbonyl (C=O) groups excluding carboxylic acids is 1. The number of aromatic nitrogens is 3. The first kappa shape index (κ1) is 18.7. The van der Waals surface area contributed by atoms with Crippen LogP contribution in [0.15, 0.2) is 30.5 Å². The molecule has 2 fully saturated rings. The predicted octanol–water partition coefficient (Wildman–Crippen LogP) is 3.15. The number of nitrogens with zero attached hydrogens (tertiary/aromatic N) is 5. The van der Waals surface area contributed by atoms with Crippen LogP contribution in [-0.2, 0) is 4.79 Å². The highest BCUT2D eigenvalue weighted by Gasteiger charge is 2.28. The molecule has 7 nitrogen and oxygen atoms in total. The predicted molar refractivity (Wildman–Crippen MR) is 110 cm³/mol. The molecule has 0 spiro atoms. The molecule has 1 saturated heterocycles. The van der Waals surface area contributed by atoms with Crippen LogP contribution in [-0.4, -0.2) is 51.9 Å². The zero-order valence-electron chi connectivity index (χ0n) is 16.5. The van der Waals surface area contributed by atoms with Gasteiger partial charge in [-0.05, 0) is 31.9 Å². The van der Waals surface area contributed by atoms with Gasteiger partial charge in [-0.15, -0.1) is 0 Å². The Morgan fingerprint density at radius 1 is 1.04 bits per heavy atom. The number of amides is 1. The molecule has 1 aliphatic heterocycles. The van der Waals surface area contributed by atoms with Gasteiger partial charge in [-0.2, -0.15) is 0 Å². The molecule has 4 rings (SSSR count). The Bertz CT molecular complexity index is 798. The standard InChI is InChI=1S/C21H28N6O/c1-16-23-19(25-18-9-5-6-10-22-18)15-20(24-16)26-11-13-27(14-12-26)21(28)17-7-3-2-4-8-17/h5-6,9-10,15,17H,2-4,7-8,11-14H2,1H3,(H,22,23,24,25). The lowest BCUT2D eigenvalue weighted by atomic mass is 9.88. The normalized spacial score (nSPS) is 18.2. The molecule has 3 heterocycles. The van der Waals surface area contributed by atoms with Gasteiger partial charge in [0.2, 0.25) is 5.91 Å². The summed E-state index contributed by atoms with van der Waals surface area (Å²) in [6, 6.07) is 7.69. The van der Waals surface area contributed by atoms with Crippen molar-refractivity contribution in [3.8, 4) is 0 Å². The zero-order chi connectivity index (χ0) is 19.3. The molecular formula is C21H28N6O. The molecule has 0 aromatic carbocycles. The van der Waals surface area contributed by atoms with Gasteiger partial charge in [0.25, 0.3) is 0 Å². The van der Waals surface area contributed by atoms with Crippen molar-refractivity contribution in [2.75, 3.05) is 36.4 Å². The van der Waals surface area contributed by atoms with E-state index in [1.165, 1.54) is 19.3 Å². The monoisotopic (exact) mass is 380 g/mol. The quantitative estimate of drug-likeness (QED) is 0.878. The Kier molecular flexibility index (Phi) is 5.69. The van der Waals surface area contributed by atoms with Gasteiger partial charge in [0, 0.05) is 44.4 Å². The maximum atomic E-state index is 12.8. The van der Waals surface area contributed by atoms with Gasteiger partial charge in [-0.25, -0.2) is 15.0 Å². The van der Waals surface area contributed by atoms with E-state index in [1.807, 2.05) is 36.1 Å². The minimum atomic E-state index is 0.246.